The van der Waals surface area contributed by atoms with Crippen LogP contribution in [-0.4, -0.2) is 25.1 Å². The Hall–Kier alpha value is -0.610. The van der Waals surface area contributed by atoms with Crippen LogP contribution in [0.5, 0.6) is 0 Å². The number of nitrogens with zero attached hydrogens (tertiary/aromatic N) is 2. The molecule has 1 aliphatic carbocycles. The molecule has 0 unspecified atom stereocenters. The number of hydrogen-bond donors (Lipinski definition) is 1. The topological polar surface area (TPSA) is 28.2 Å². The Morgan fingerprint density at radius 1 is 1.37 bits per heavy atom. The highest BCUT2D eigenvalue weighted by Gasteiger charge is 2.30. The minimum absolute atomic E-state index is 0.308. The molecule has 1 N–H and O–H groups in total. The van der Waals surface area contributed by atoms with Crippen molar-refractivity contribution < 1.29 is 0 Å². The first-order chi connectivity index (χ1) is 8.90. The average molecular weight is 281 g/mol. The van der Waals surface area contributed by atoms with E-state index in [9.17, 15) is 0 Å². The second-order valence-corrected chi connectivity index (χ2v) is 7.84. The van der Waals surface area contributed by atoms with Crippen molar-refractivity contribution in [3.63, 3.8) is 0 Å². The predicted molar refractivity (Wildman–Crippen MR) is 84.2 cm³/mol. The zero-order chi connectivity index (χ0) is 14.0. The first kappa shape index (κ1) is 14.8. The molecule has 1 aromatic rings. The van der Waals surface area contributed by atoms with Gasteiger partial charge in [-0.15, -0.1) is 11.3 Å². The summed E-state index contributed by atoms with van der Waals surface area (Å²) in [5.74, 6) is 0.738. The van der Waals surface area contributed by atoms with Gasteiger partial charge in [-0.1, -0.05) is 27.7 Å². The monoisotopic (exact) mass is 281 g/mol. The van der Waals surface area contributed by atoms with Crippen LogP contribution in [0.15, 0.2) is 0 Å². The van der Waals surface area contributed by atoms with E-state index in [2.05, 4.69) is 45.0 Å². The van der Waals surface area contributed by atoms with E-state index in [1.807, 2.05) is 11.3 Å². The minimum atomic E-state index is 0.308. The smallest absolute Gasteiger partial charge is 0.185 e. The molecule has 108 valence electrons. The maximum absolute atomic E-state index is 4.91. The van der Waals surface area contributed by atoms with Gasteiger partial charge in [0.25, 0.3) is 0 Å². The van der Waals surface area contributed by atoms with Gasteiger partial charge in [0.15, 0.2) is 5.13 Å². The molecule has 3 nitrogen and oxygen atoms in total. The van der Waals surface area contributed by atoms with Gasteiger partial charge in [0, 0.05) is 30.9 Å². The number of nitrogens with one attached hydrogen (secondary N) is 1. The van der Waals surface area contributed by atoms with Crippen LogP contribution < -0.4 is 10.2 Å². The summed E-state index contributed by atoms with van der Waals surface area (Å²) in [6, 6.07) is 0. The molecule has 0 atom stereocenters. The van der Waals surface area contributed by atoms with Gasteiger partial charge >= 0.3 is 0 Å². The Labute approximate surface area is 121 Å². The first-order valence-corrected chi connectivity index (χ1v) is 8.14. The zero-order valence-electron chi connectivity index (χ0n) is 12.9. The lowest BCUT2D eigenvalue weighted by atomic mass is 9.96. The van der Waals surface area contributed by atoms with Crippen LogP contribution in [0.3, 0.4) is 0 Å². The van der Waals surface area contributed by atoms with Gasteiger partial charge in [0.05, 0.1) is 5.69 Å². The Bertz CT molecular complexity index is 416. The summed E-state index contributed by atoms with van der Waals surface area (Å²) in [7, 11) is 2.16. The van der Waals surface area contributed by atoms with E-state index >= 15 is 0 Å². The molecule has 0 bridgehead atoms. The van der Waals surface area contributed by atoms with Crippen molar-refractivity contribution in [2.45, 2.75) is 53.0 Å². The SMILES string of the molecule is CCNCc1sc(N(C)CC(C)(C)C)nc1C1CC1. The number of rotatable bonds is 6. The van der Waals surface area contributed by atoms with Gasteiger partial charge in [0.2, 0.25) is 0 Å². The summed E-state index contributed by atoms with van der Waals surface area (Å²) in [4.78, 5) is 8.67. The highest BCUT2D eigenvalue weighted by atomic mass is 32.1. The summed E-state index contributed by atoms with van der Waals surface area (Å²) in [5.41, 5.74) is 1.67. The van der Waals surface area contributed by atoms with E-state index in [1.165, 1.54) is 28.5 Å². The van der Waals surface area contributed by atoms with Crippen LogP contribution in [-0.2, 0) is 6.54 Å². The Kier molecular flexibility index (Phi) is 4.51. The molecule has 2 rings (SSSR count). The normalized spacial score (nSPS) is 15.8. The van der Waals surface area contributed by atoms with E-state index in [1.54, 1.807) is 0 Å². The van der Waals surface area contributed by atoms with Crippen LogP contribution in [0, 0.1) is 5.41 Å². The fourth-order valence-electron chi connectivity index (χ4n) is 2.33. The molecule has 1 heterocycles. The molecule has 1 aromatic heterocycles. The van der Waals surface area contributed by atoms with E-state index in [4.69, 9.17) is 4.98 Å². The molecular weight excluding hydrogens is 254 g/mol. The third-order valence-electron chi connectivity index (χ3n) is 3.25. The molecule has 4 heteroatoms. The molecule has 0 aliphatic heterocycles. The van der Waals surface area contributed by atoms with E-state index in [-0.39, 0.29) is 0 Å². The van der Waals surface area contributed by atoms with Crippen LogP contribution in [0.4, 0.5) is 5.13 Å². The van der Waals surface area contributed by atoms with Gasteiger partial charge in [-0.3, -0.25) is 0 Å². The molecule has 1 fully saturated rings. The van der Waals surface area contributed by atoms with Gasteiger partial charge < -0.3 is 10.2 Å². The van der Waals surface area contributed by atoms with Crippen molar-refractivity contribution in [2.24, 2.45) is 5.41 Å². The van der Waals surface area contributed by atoms with Gasteiger partial charge in [-0.2, -0.15) is 0 Å². The summed E-state index contributed by atoms with van der Waals surface area (Å²) < 4.78 is 0. The number of anilines is 1. The molecule has 0 amide bonds. The Morgan fingerprint density at radius 2 is 2.05 bits per heavy atom. The van der Waals surface area contributed by atoms with Crippen molar-refractivity contribution >= 4 is 16.5 Å². The van der Waals surface area contributed by atoms with Gasteiger partial charge in [-0.05, 0) is 24.8 Å². The number of aromatic nitrogens is 1. The highest BCUT2D eigenvalue weighted by Crippen LogP contribution is 2.44. The number of hydrogen-bond acceptors (Lipinski definition) is 4. The van der Waals surface area contributed by atoms with E-state index in [0.717, 1.165) is 25.6 Å². The fourth-order valence-corrected chi connectivity index (χ4v) is 3.41. The first-order valence-electron chi connectivity index (χ1n) is 7.32. The van der Waals surface area contributed by atoms with Gasteiger partial charge in [-0.25, -0.2) is 4.98 Å². The van der Waals surface area contributed by atoms with Crippen molar-refractivity contribution in [1.82, 2.24) is 10.3 Å². The van der Waals surface area contributed by atoms with E-state index in [0.29, 0.717) is 5.41 Å². The predicted octanol–water partition coefficient (Wildman–Crippen LogP) is 3.61. The van der Waals surface area contributed by atoms with Crippen molar-refractivity contribution in [2.75, 3.05) is 25.0 Å². The summed E-state index contributed by atoms with van der Waals surface area (Å²) in [5, 5.41) is 4.62. The fraction of sp³-hybridized carbons (Fsp3) is 0.800. The Morgan fingerprint density at radius 3 is 2.58 bits per heavy atom. The van der Waals surface area contributed by atoms with Crippen LogP contribution in [0.25, 0.3) is 0 Å². The van der Waals surface area contributed by atoms with Crippen LogP contribution in [0.1, 0.15) is 57.0 Å². The molecule has 0 spiro atoms. The van der Waals surface area contributed by atoms with E-state index < -0.39 is 0 Å². The largest absolute Gasteiger partial charge is 0.351 e. The second kappa shape index (κ2) is 5.80. The average Bonchev–Trinajstić information content (AvgIpc) is 3.04. The highest BCUT2D eigenvalue weighted by molar-refractivity contribution is 7.15. The van der Waals surface area contributed by atoms with Crippen molar-refractivity contribution in [3.05, 3.63) is 10.6 Å². The van der Waals surface area contributed by atoms with Gasteiger partial charge in [0.1, 0.15) is 0 Å². The lowest BCUT2D eigenvalue weighted by Gasteiger charge is -2.26. The minimum Gasteiger partial charge on any atom is -0.351 e. The lowest BCUT2D eigenvalue weighted by Crippen LogP contribution is -2.28. The third-order valence-corrected chi connectivity index (χ3v) is 4.44. The molecule has 0 saturated heterocycles. The molecule has 1 saturated carbocycles. The molecule has 0 radical (unpaired) electrons. The molecule has 0 aromatic carbocycles. The standard InChI is InChI=1S/C15H27N3S/c1-6-16-9-12-13(11-7-8-11)17-14(19-12)18(5)10-15(2,3)4/h11,16H,6-10H2,1-5H3. The number of thiazole rings is 1. The second-order valence-electron chi connectivity index (χ2n) is 6.78. The summed E-state index contributed by atoms with van der Waals surface area (Å²) in [6.45, 7) is 12.0. The maximum atomic E-state index is 4.91. The molecule has 1 aliphatic rings. The van der Waals surface area contributed by atoms with Crippen LogP contribution in [0.2, 0.25) is 0 Å². The molecule has 19 heavy (non-hydrogen) atoms. The lowest BCUT2D eigenvalue weighted by molar-refractivity contribution is 0.418. The maximum Gasteiger partial charge on any atom is 0.185 e. The summed E-state index contributed by atoms with van der Waals surface area (Å²) in [6.07, 6.45) is 2.65. The van der Waals surface area contributed by atoms with Crippen molar-refractivity contribution in [3.8, 4) is 0 Å². The quantitative estimate of drug-likeness (QED) is 0.863. The zero-order valence-corrected chi connectivity index (χ0v) is 13.7. The molecular formula is C15H27N3S. The Balaban J connectivity index is 2.12. The third kappa shape index (κ3) is 4.18. The van der Waals surface area contributed by atoms with Crippen molar-refractivity contribution in [1.29, 1.82) is 0 Å². The van der Waals surface area contributed by atoms with Crippen LogP contribution >= 0.6 is 11.3 Å². The summed E-state index contributed by atoms with van der Waals surface area (Å²) >= 11 is 1.87.